The summed E-state index contributed by atoms with van der Waals surface area (Å²) in [5.41, 5.74) is 2.42. The van der Waals surface area contributed by atoms with Crippen LogP contribution in [0, 0.1) is 19.7 Å². The number of aryl methyl sites for hydroxylation is 2. The lowest BCUT2D eigenvalue weighted by Crippen LogP contribution is -2.05. The summed E-state index contributed by atoms with van der Waals surface area (Å²) >= 11 is 9.28. The van der Waals surface area contributed by atoms with E-state index in [4.69, 9.17) is 11.6 Å². The zero-order valence-corrected chi connectivity index (χ0v) is 12.9. The summed E-state index contributed by atoms with van der Waals surface area (Å²) < 4.78 is 14.8. The van der Waals surface area contributed by atoms with Crippen molar-refractivity contribution in [2.75, 3.05) is 0 Å². The van der Waals surface area contributed by atoms with E-state index in [0.717, 1.165) is 15.6 Å². The third kappa shape index (κ3) is 2.99. The Balaban J connectivity index is 2.49. The summed E-state index contributed by atoms with van der Waals surface area (Å²) in [5.74, 6) is -0.399. The maximum absolute atomic E-state index is 14.0. The van der Waals surface area contributed by atoms with E-state index in [0.29, 0.717) is 16.1 Å². The minimum Gasteiger partial charge on any atom is -0.384 e. The topological polar surface area (TPSA) is 20.2 Å². The number of benzene rings is 2. The van der Waals surface area contributed by atoms with Gasteiger partial charge in [0.15, 0.2) is 0 Å². The lowest BCUT2D eigenvalue weighted by Gasteiger charge is -2.16. The van der Waals surface area contributed by atoms with E-state index in [1.807, 2.05) is 13.0 Å². The molecule has 0 aromatic heterocycles. The number of halogens is 3. The van der Waals surface area contributed by atoms with Crippen LogP contribution in [0.3, 0.4) is 0 Å². The van der Waals surface area contributed by atoms with Crippen molar-refractivity contribution in [2.45, 2.75) is 20.0 Å². The number of hydrogen-bond donors (Lipinski definition) is 1. The molecule has 0 spiro atoms. The summed E-state index contributed by atoms with van der Waals surface area (Å²) in [7, 11) is 0. The molecule has 1 atom stereocenters. The van der Waals surface area contributed by atoms with E-state index in [9.17, 15) is 9.50 Å². The minimum absolute atomic E-state index is 0.295. The fourth-order valence-corrected chi connectivity index (χ4v) is 2.56. The summed E-state index contributed by atoms with van der Waals surface area (Å²) in [6.45, 7) is 3.61. The van der Waals surface area contributed by atoms with E-state index >= 15 is 0 Å². The van der Waals surface area contributed by atoms with Crippen LogP contribution in [0.1, 0.15) is 28.4 Å². The van der Waals surface area contributed by atoms with Crippen LogP contribution in [0.4, 0.5) is 4.39 Å². The first-order chi connectivity index (χ1) is 8.90. The van der Waals surface area contributed by atoms with Crippen molar-refractivity contribution in [1.29, 1.82) is 0 Å². The lowest BCUT2D eigenvalue weighted by molar-refractivity contribution is 0.214. The van der Waals surface area contributed by atoms with E-state index in [1.165, 1.54) is 6.07 Å². The van der Waals surface area contributed by atoms with Crippen LogP contribution in [-0.4, -0.2) is 5.11 Å². The van der Waals surface area contributed by atoms with Crippen molar-refractivity contribution < 1.29 is 9.50 Å². The van der Waals surface area contributed by atoms with Gasteiger partial charge in [0, 0.05) is 10.0 Å². The fourth-order valence-electron chi connectivity index (χ4n) is 2.12. The molecular weight excluding hydrogens is 331 g/mol. The van der Waals surface area contributed by atoms with Gasteiger partial charge in [0.25, 0.3) is 0 Å². The predicted octanol–water partition coefficient (Wildman–Crippen LogP) is 4.94. The SMILES string of the molecule is Cc1cc(C)c(C(O)c2ccc(Br)c(Cl)c2)c(F)c1. The summed E-state index contributed by atoms with van der Waals surface area (Å²) in [4.78, 5) is 0. The molecule has 2 aromatic rings. The fraction of sp³-hybridized carbons (Fsp3) is 0.200. The van der Waals surface area contributed by atoms with Gasteiger partial charge in [0.05, 0.1) is 5.02 Å². The van der Waals surface area contributed by atoms with Crippen molar-refractivity contribution in [3.8, 4) is 0 Å². The van der Waals surface area contributed by atoms with Gasteiger partial charge in [0.2, 0.25) is 0 Å². The molecule has 1 N–H and O–H groups in total. The Morgan fingerprint density at radius 2 is 1.89 bits per heavy atom. The summed E-state index contributed by atoms with van der Waals surface area (Å²) in [6, 6.07) is 8.37. The maximum atomic E-state index is 14.0. The number of aliphatic hydroxyl groups is 1. The van der Waals surface area contributed by atoms with Crippen LogP contribution in [-0.2, 0) is 0 Å². The van der Waals surface area contributed by atoms with Crippen LogP contribution in [0.15, 0.2) is 34.8 Å². The van der Waals surface area contributed by atoms with E-state index in [-0.39, 0.29) is 0 Å². The highest BCUT2D eigenvalue weighted by Gasteiger charge is 2.18. The third-order valence-corrected chi connectivity index (χ3v) is 4.25. The first kappa shape index (κ1) is 14.5. The molecule has 0 aliphatic heterocycles. The van der Waals surface area contributed by atoms with Crippen molar-refractivity contribution in [3.05, 3.63) is 67.9 Å². The van der Waals surface area contributed by atoms with Gasteiger partial charge in [-0.3, -0.25) is 0 Å². The van der Waals surface area contributed by atoms with E-state index in [1.54, 1.807) is 25.1 Å². The summed E-state index contributed by atoms with van der Waals surface area (Å²) in [5, 5.41) is 10.8. The Labute approximate surface area is 125 Å². The number of rotatable bonds is 2. The molecule has 2 aromatic carbocycles. The van der Waals surface area contributed by atoms with Gasteiger partial charge in [-0.05, 0) is 64.7 Å². The molecule has 0 saturated carbocycles. The van der Waals surface area contributed by atoms with Gasteiger partial charge in [-0.15, -0.1) is 0 Å². The van der Waals surface area contributed by atoms with Crippen LogP contribution >= 0.6 is 27.5 Å². The Kier molecular flexibility index (Phi) is 4.29. The number of hydrogen-bond acceptors (Lipinski definition) is 1. The van der Waals surface area contributed by atoms with Crippen molar-refractivity contribution >= 4 is 27.5 Å². The molecule has 0 radical (unpaired) electrons. The van der Waals surface area contributed by atoms with Gasteiger partial charge >= 0.3 is 0 Å². The molecule has 0 amide bonds. The minimum atomic E-state index is -1.02. The second-order valence-electron chi connectivity index (χ2n) is 4.55. The highest BCUT2D eigenvalue weighted by molar-refractivity contribution is 9.10. The van der Waals surface area contributed by atoms with E-state index < -0.39 is 11.9 Å². The highest BCUT2D eigenvalue weighted by atomic mass is 79.9. The zero-order chi connectivity index (χ0) is 14.2. The van der Waals surface area contributed by atoms with Gasteiger partial charge in [-0.2, -0.15) is 0 Å². The maximum Gasteiger partial charge on any atom is 0.129 e. The molecule has 0 aliphatic carbocycles. The van der Waals surface area contributed by atoms with Gasteiger partial charge in [0.1, 0.15) is 11.9 Å². The average Bonchev–Trinajstić information content (AvgIpc) is 2.31. The van der Waals surface area contributed by atoms with Gasteiger partial charge < -0.3 is 5.11 Å². The van der Waals surface area contributed by atoms with Crippen LogP contribution < -0.4 is 0 Å². The molecule has 2 rings (SSSR count). The van der Waals surface area contributed by atoms with Crippen molar-refractivity contribution in [3.63, 3.8) is 0 Å². The zero-order valence-electron chi connectivity index (χ0n) is 10.5. The Hall–Kier alpha value is -0.900. The molecule has 1 nitrogen and oxygen atoms in total. The molecule has 0 heterocycles. The average molecular weight is 344 g/mol. The Morgan fingerprint density at radius 3 is 2.47 bits per heavy atom. The van der Waals surface area contributed by atoms with Gasteiger partial charge in [-0.25, -0.2) is 4.39 Å². The molecule has 1 unspecified atom stereocenters. The van der Waals surface area contributed by atoms with Crippen LogP contribution in [0.5, 0.6) is 0 Å². The van der Waals surface area contributed by atoms with Crippen molar-refractivity contribution in [2.24, 2.45) is 0 Å². The predicted molar refractivity (Wildman–Crippen MR) is 79.1 cm³/mol. The van der Waals surface area contributed by atoms with Crippen molar-refractivity contribution in [1.82, 2.24) is 0 Å². The monoisotopic (exact) mass is 342 g/mol. The molecule has 0 bridgehead atoms. The quantitative estimate of drug-likeness (QED) is 0.819. The van der Waals surface area contributed by atoms with Crippen LogP contribution in [0.25, 0.3) is 0 Å². The first-order valence-electron chi connectivity index (χ1n) is 5.80. The number of aliphatic hydroxyl groups excluding tert-OH is 1. The molecule has 0 saturated heterocycles. The Bertz CT molecular complexity index is 605. The molecule has 19 heavy (non-hydrogen) atoms. The molecular formula is C15H13BrClFO. The smallest absolute Gasteiger partial charge is 0.129 e. The first-order valence-corrected chi connectivity index (χ1v) is 6.97. The molecule has 4 heteroatoms. The normalized spacial score (nSPS) is 12.5. The highest BCUT2D eigenvalue weighted by Crippen LogP contribution is 2.32. The second kappa shape index (κ2) is 5.61. The largest absolute Gasteiger partial charge is 0.384 e. The van der Waals surface area contributed by atoms with E-state index in [2.05, 4.69) is 15.9 Å². The second-order valence-corrected chi connectivity index (χ2v) is 5.81. The molecule has 0 aliphatic rings. The standard InChI is InChI=1S/C15H13BrClFO/c1-8-5-9(2)14(13(18)6-8)15(19)10-3-4-11(16)12(17)7-10/h3-7,15,19H,1-2H3. The summed E-state index contributed by atoms with van der Waals surface area (Å²) in [6.07, 6.45) is -1.02. The lowest BCUT2D eigenvalue weighted by atomic mass is 9.95. The molecule has 0 fully saturated rings. The Morgan fingerprint density at radius 1 is 1.21 bits per heavy atom. The molecule has 100 valence electrons. The third-order valence-electron chi connectivity index (χ3n) is 3.01. The van der Waals surface area contributed by atoms with Crippen LogP contribution in [0.2, 0.25) is 5.02 Å². The van der Waals surface area contributed by atoms with Gasteiger partial charge in [-0.1, -0.05) is 23.7 Å².